The molecule has 1 aliphatic rings. The van der Waals surface area contributed by atoms with Crippen LogP contribution in [0.25, 0.3) is 0 Å². The van der Waals surface area contributed by atoms with Crippen LogP contribution in [0.2, 0.25) is 0 Å². The lowest BCUT2D eigenvalue weighted by Gasteiger charge is -2.37. The van der Waals surface area contributed by atoms with Crippen molar-refractivity contribution in [2.24, 2.45) is 11.3 Å². The van der Waals surface area contributed by atoms with Gasteiger partial charge in [0.05, 0.1) is 0 Å². The van der Waals surface area contributed by atoms with E-state index in [-0.39, 0.29) is 5.41 Å². The summed E-state index contributed by atoms with van der Waals surface area (Å²) in [6, 6.07) is 6.28. The van der Waals surface area contributed by atoms with Gasteiger partial charge in [-0.25, -0.2) is 0 Å². The SMILES string of the molecule is Cc1ccc2c(c1)C(=O)CC(C)(C(C)C)C2. The van der Waals surface area contributed by atoms with Crippen molar-refractivity contribution in [3.05, 3.63) is 34.9 Å². The second-order valence-electron chi connectivity index (χ2n) is 5.75. The van der Waals surface area contributed by atoms with E-state index in [2.05, 4.69) is 32.9 Å². The molecule has 0 N–H and O–H groups in total. The summed E-state index contributed by atoms with van der Waals surface area (Å²) < 4.78 is 0. The number of benzene rings is 1. The molecule has 0 amide bonds. The van der Waals surface area contributed by atoms with Crippen LogP contribution in [0.3, 0.4) is 0 Å². The predicted molar refractivity (Wildman–Crippen MR) is 66.8 cm³/mol. The molecule has 0 saturated heterocycles. The van der Waals surface area contributed by atoms with Crippen molar-refractivity contribution in [3.8, 4) is 0 Å². The first-order valence-corrected chi connectivity index (χ1v) is 6.05. The molecule has 86 valence electrons. The summed E-state index contributed by atoms with van der Waals surface area (Å²) in [6.45, 7) is 8.71. The summed E-state index contributed by atoms with van der Waals surface area (Å²) >= 11 is 0. The lowest BCUT2D eigenvalue weighted by atomic mass is 9.66. The Kier molecular flexibility index (Phi) is 2.65. The molecule has 16 heavy (non-hydrogen) atoms. The Morgan fingerprint density at radius 2 is 1.94 bits per heavy atom. The first-order valence-electron chi connectivity index (χ1n) is 6.05. The van der Waals surface area contributed by atoms with Gasteiger partial charge in [0.2, 0.25) is 0 Å². The molecular weight excluding hydrogens is 196 g/mol. The van der Waals surface area contributed by atoms with Crippen LogP contribution in [0.15, 0.2) is 18.2 Å². The summed E-state index contributed by atoms with van der Waals surface area (Å²) in [5.41, 5.74) is 3.51. The maximum atomic E-state index is 12.2. The molecule has 0 radical (unpaired) electrons. The highest BCUT2D eigenvalue weighted by atomic mass is 16.1. The molecule has 0 heterocycles. The Balaban J connectivity index is 2.45. The lowest BCUT2D eigenvalue weighted by Crippen LogP contribution is -2.34. The summed E-state index contributed by atoms with van der Waals surface area (Å²) in [5.74, 6) is 0.868. The van der Waals surface area contributed by atoms with E-state index < -0.39 is 0 Å². The third-order valence-electron chi connectivity index (χ3n) is 4.12. The first-order chi connectivity index (χ1) is 7.42. The van der Waals surface area contributed by atoms with Gasteiger partial charge in [-0.1, -0.05) is 38.5 Å². The number of fused-ring (bicyclic) bond motifs is 1. The van der Waals surface area contributed by atoms with Crippen LogP contribution in [-0.2, 0) is 6.42 Å². The zero-order chi connectivity index (χ0) is 11.9. The van der Waals surface area contributed by atoms with Gasteiger partial charge in [0.25, 0.3) is 0 Å². The summed E-state index contributed by atoms with van der Waals surface area (Å²) in [6.07, 6.45) is 1.73. The topological polar surface area (TPSA) is 17.1 Å². The van der Waals surface area contributed by atoms with E-state index in [1.807, 2.05) is 13.0 Å². The highest BCUT2D eigenvalue weighted by Gasteiger charge is 2.36. The van der Waals surface area contributed by atoms with Crippen molar-refractivity contribution in [2.45, 2.75) is 40.5 Å². The first kappa shape index (κ1) is 11.4. The van der Waals surface area contributed by atoms with Gasteiger partial charge in [-0.3, -0.25) is 4.79 Å². The van der Waals surface area contributed by atoms with Gasteiger partial charge in [0.1, 0.15) is 0 Å². The molecule has 1 nitrogen and oxygen atoms in total. The maximum absolute atomic E-state index is 12.2. The zero-order valence-electron chi connectivity index (χ0n) is 10.6. The molecule has 1 aliphatic carbocycles. The minimum Gasteiger partial charge on any atom is -0.294 e. The Hall–Kier alpha value is -1.11. The lowest BCUT2D eigenvalue weighted by molar-refractivity contribution is 0.0844. The number of rotatable bonds is 1. The van der Waals surface area contributed by atoms with Crippen LogP contribution in [0.5, 0.6) is 0 Å². The molecule has 1 aromatic carbocycles. The highest BCUT2D eigenvalue weighted by molar-refractivity contribution is 5.99. The standard InChI is InChI=1S/C15H20O/c1-10(2)15(4)8-12-6-5-11(3)7-13(12)14(16)9-15/h5-7,10H,8-9H2,1-4H3. The van der Waals surface area contributed by atoms with E-state index in [1.54, 1.807) is 0 Å². The van der Waals surface area contributed by atoms with Gasteiger partial charge < -0.3 is 0 Å². The van der Waals surface area contributed by atoms with Crippen LogP contribution in [-0.4, -0.2) is 5.78 Å². The number of carbonyl (C=O) groups excluding carboxylic acids is 1. The monoisotopic (exact) mass is 216 g/mol. The van der Waals surface area contributed by atoms with Gasteiger partial charge in [-0.15, -0.1) is 0 Å². The number of ketones is 1. The fraction of sp³-hybridized carbons (Fsp3) is 0.533. The fourth-order valence-corrected chi connectivity index (χ4v) is 2.47. The molecule has 0 aliphatic heterocycles. The molecule has 1 unspecified atom stereocenters. The Bertz CT molecular complexity index is 431. The summed E-state index contributed by atoms with van der Waals surface area (Å²) in [5, 5.41) is 0. The molecule has 0 saturated carbocycles. The minimum atomic E-state index is 0.138. The number of hydrogen-bond donors (Lipinski definition) is 0. The average molecular weight is 216 g/mol. The third-order valence-corrected chi connectivity index (χ3v) is 4.12. The average Bonchev–Trinajstić information content (AvgIpc) is 2.19. The third kappa shape index (κ3) is 1.79. The minimum absolute atomic E-state index is 0.138. The zero-order valence-corrected chi connectivity index (χ0v) is 10.6. The van der Waals surface area contributed by atoms with Crippen molar-refractivity contribution in [1.82, 2.24) is 0 Å². The van der Waals surface area contributed by atoms with Crippen LogP contribution in [0, 0.1) is 18.3 Å². The number of aryl methyl sites for hydroxylation is 1. The number of Topliss-reactive ketones (excluding diaryl/α,β-unsaturated/α-hetero) is 1. The smallest absolute Gasteiger partial charge is 0.163 e. The van der Waals surface area contributed by atoms with Crippen molar-refractivity contribution >= 4 is 5.78 Å². The molecule has 1 atom stereocenters. The second kappa shape index (κ2) is 3.73. The van der Waals surface area contributed by atoms with Gasteiger partial charge in [0.15, 0.2) is 5.78 Å². The van der Waals surface area contributed by atoms with E-state index in [1.165, 1.54) is 11.1 Å². The van der Waals surface area contributed by atoms with Crippen molar-refractivity contribution in [3.63, 3.8) is 0 Å². The van der Waals surface area contributed by atoms with Crippen LogP contribution in [0.1, 0.15) is 48.7 Å². The van der Waals surface area contributed by atoms with Crippen LogP contribution < -0.4 is 0 Å². The fourth-order valence-electron chi connectivity index (χ4n) is 2.47. The largest absolute Gasteiger partial charge is 0.294 e. The Labute approximate surface area is 97.9 Å². The van der Waals surface area contributed by atoms with Crippen molar-refractivity contribution in [2.75, 3.05) is 0 Å². The van der Waals surface area contributed by atoms with E-state index in [0.717, 1.165) is 12.0 Å². The van der Waals surface area contributed by atoms with Gasteiger partial charge in [-0.05, 0) is 36.3 Å². The predicted octanol–water partition coefficient (Wildman–Crippen LogP) is 3.79. The molecule has 0 spiro atoms. The number of carbonyl (C=O) groups is 1. The molecule has 2 rings (SSSR count). The quantitative estimate of drug-likeness (QED) is 0.698. The van der Waals surface area contributed by atoms with Crippen molar-refractivity contribution in [1.29, 1.82) is 0 Å². The normalized spacial score (nSPS) is 24.7. The second-order valence-corrected chi connectivity index (χ2v) is 5.75. The maximum Gasteiger partial charge on any atom is 0.163 e. The molecular formula is C15H20O. The van der Waals surface area contributed by atoms with E-state index in [4.69, 9.17) is 0 Å². The van der Waals surface area contributed by atoms with Crippen LogP contribution in [0.4, 0.5) is 0 Å². The van der Waals surface area contributed by atoms with Crippen LogP contribution >= 0.6 is 0 Å². The molecule has 0 fully saturated rings. The van der Waals surface area contributed by atoms with Gasteiger partial charge in [-0.2, -0.15) is 0 Å². The molecule has 0 bridgehead atoms. The van der Waals surface area contributed by atoms with E-state index in [9.17, 15) is 4.79 Å². The summed E-state index contributed by atoms with van der Waals surface area (Å²) in [4.78, 5) is 12.2. The molecule has 1 heteroatoms. The highest BCUT2D eigenvalue weighted by Crippen LogP contribution is 2.40. The molecule has 0 aromatic heterocycles. The Morgan fingerprint density at radius 3 is 2.56 bits per heavy atom. The van der Waals surface area contributed by atoms with Gasteiger partial charge >= 0.3 is 0 Å². The van der Waals surface area contributed by atoms with E-state index in [0.29, 0.717) is 18.1 Å². The number of hydrogen-bond acceptors (Lipinski definition) is 1. The van der Waals surface area contributed by atoms with Gasteiger partial charge in [0, 0.05) is 12.0 Å². The Morgan fingerprint density at radius 1 is 1.25 bits per heavy atom. The molecule has 1 aromatic rings. The van der Waals surface area contributed by atoms with Crippen molar-refractivity contribution < 1.29 is 4.79 Å². The van der Waals surface area contributed by atoms with E-state index >= 15 is 0 Å². The summed E-state index contributed by atoms with van der Waals surface area (Å²) in [7, 11) is 0.